The van der Waals surface area contributed by atoms with E-state index in [4.69, 9.17) is 12.2 Å². The summed E-state index contributed by atoms with van der Waals surface area (Å²) in [4.78, 5) is 34.3. The highest BCUT2D eigenvalue weighted by molar-refractivity contribution is 7.80. The van der Waals surface area contributed by atoms with Crippen LogP contribution in [0, 0.1) is 3.82 Å². The Bertz CT molecular complexity index is 1070. The second kappa shape index (κ2) is 13.3. The lowest BCUT2D eigenvalue weighted by Crippen LogP contribution is -2.48. The summed E-state index contributed by atoms with van der Waals surface area (Å²) >= 11 is 5.39. The zero-order valence-electron chi connectivity index (χ0n) is 21.9. The highest BCUT2D eigenvalue weighted by Gasteiger charge is 2.24. The molecule has 0 atom stereocenters. The summed E-state index contributed by atoms with van der Waals surface area (Å²) in [6.07, 6.45) is 2.98. The van der Waals surface area contributed by atoms with E-state index < -0.39 is 0 Å². The Morgan fingerprint density at radius 2 is 1.24 bits per heavy atom. The van der Waals surface area contributed by atoms with Crippen molar-refractivity contribution >= 4 is 44.7 Å². The van der Waals surface area contributed by atoms with Crippen molar-refractivity contribution in [3.05, 3.63) is 33.1 Å². The van der Waals surface area contributed by atoms with Crippen molar-refractivity contribution < 1.29 is 14.7 Å². The predicted octanol–water partition coefficient (Wildman–Crippen LogP) is 4.80. The Kier molecular flexibility index (Phi) is 10.1. The minimum absolute atomic E-state index is 0.240. The summed E-state index contributed by atoms with van der Waals surface area (Å²) in [6, 6.07) is 6.24. The molecule has 2 aliphatic heterocycles. The van der Waals surface area contributed by atoms with Gasteiger partial charge in [0.15, 0.2) is 0 Å². The minimum Gasteiger partial charge on any atom is -0.507 e. The first-order valence-corrected chi connectivity index (χ1v) is 15.9. The number of aromatic hydroxyl groups is 1. The first-order chi connectivity index (χ1) is 17.9. The second-order valence-electron chi connectivity index (χ2n) is 9.95. The molecule has 2 saturated heterocycles. The number of phenolic OH excluding ortho intramolecular Hbond substituents is 1. The molecule has 1 N–H and O–H groups in total. The molecule has 2 fully saturated rings. The average Bonchev–Trinajstić information content (AvgIpc) is 3.33. The molecule has 2 aliphatic rings. The van der Waals surface area contributed by atoms with Crippen molar-refractivity contribution in [2.75, 3.05) is 52.4 Å². The van der Waals surface area contributed by atoms with Gasteiger partial charge in [-0.2, -0.15) is 0 Å². The summed E-state index contributed by atoms with van der Waals surface area (Å²) in [5, 5.41) is 11.4. The maximum atomic E-state index is 12.3. The van der Waals surface area contributed by atoms with E-state index in [1.165, 1.54) is 0 Å². The fraction of sp³-hybridized carbons (Fsp3) is 0.593. The first-order valence-electron chi connectivity index (χ1n) is 13.3. The van der Waals surface area contributed by atoms with E-state index >= 15 is 0 Å². The quantitative estimate of drug-likeness (QED) is 0.350. The van der Waals surface area contributed by atoms with Gasteiger partial charge in [0.05, 0.1) is 0 Å². The van der Waals surface area contributed by atoms with E-state index in [0.29, 0.717) is 31.7 Å². The zero-order valence-corrected chi connectivity index (χ0v) is 24.4. The molecule has 1 aromatic carbocycles. The van der Waals surface area contributed by atoms with Crippen molar-refractivity contribution in [1.82, 2.24) is 19.6 Å². The number of benzene rings is 1. The summed E-state index contributed by atoms with van der Waals surface area (Å²) < 4.78 is 0.872. The highest BCUT2D eigenvalue weighted by atomic mass is 32.9. The Morgan fingerprint density at radius 3 is 1.62 bits per heavy atom. The van der Waals surface area contributed by atoms with Crippen LogP contribution in [0.2, 0.25) is 0 Å². The van der Waals surface area contributed by atoms with Crippen LogP contribution in [0.3, 0.4) is 0 Å². The third-order valence-electron chi connectivity index (χ3n) is 7.18. The fourth-order valence-corrected chi connectivity index (χ4v) is 7.44. The SMILES string of the molecule is CCCC(=O)N1CCN(Cc2cc(-c3cc(=S)ss3)cc(CN3CCN(C(=O)CCC)CC3)c2O)CC1. The number of carbonyl (C=O) groups excluding carboxylic acids is 2. The van der Waals surface area contributed by atoms with Crippen LogP contribution < -0.4 is 0 Å². The van der Waals surface area contributed by atoms with Gasteiger partial charge in [-0.25, -0.2) is 0 Å². The van der Waals surface area contributed by atoms with Gasteiger partial charge in [0.2, 0.25) is 11.8 Å². The maximum absolute atomic E-state index is 12.3. The van der Waals surface area contributed by atoms with Gasteiger partial charge in [-0.15, -0.1) is 0 Å². The molecule has 4 rings (SSSR count). The van der Waals surface area contributed by atoms with Gasteiger partial charge >= 0.3 is 0 Å². The van der Waals surface area contributed by atoms with E-state index in [1.54, 1.807) is 20.7 Å². The van der Waals surface area contributed by atoms with Gasteiger partial charge in [0, 0.05) is 94.3 Å². The van der Waals surface area contributed by atoms with E-state index in [2.05, 4.69) is 21.9 Å². The molecule has 0 bridgehead atoms. The summed E-state index contributed by atoms with van der Waals surface area (Å²) in [5.74, 6) is 0.838. The largest absolute Gasteiger partial charge is 0.507 e. The van der Waals surface area contributed by atoms with E-state index in [9.17, 15) is 14.7 Å². The van der Waals surface area contributed by atoms with Crippen LogP contribution in [-0.2, 0) is 22.7 Å². The van der Waals surface area contributed by atoms with Crippen molar-refractivity contribution in [2.45, 2.75) is 52.6 Å². The van der Waals surface area contributed by atoms with Gasteiger partial charge in [-0.3, -0.25) is 19.4 Å². The number of hydrogen-bond donors (Lipinski definition) is 1. The van der Waals surface area contributed by atoms with Crippen LogP contribution in [-0.4, -0.2) is 88.9 Å². The standard InChI is InChI=1S/C27H38N4O3S3/c1-3-5-24(32)30-11-7-28(8-12-30)18-21-15-20(23-17-26(35)37-36-23)16-22(27(21)34)19-29-9-13-31(14-10-29)25(33)6-4-2/h15-17,34H,3-14,18-19H2,1-2H3. The number of nitrogens with zero attached hydrogens (tertiary/aromatic N) is 4. The molecule has 0 unspecified atom stereocenters. The lowest BCUT2D eigenvalue weighted by atomic mass is 10.0. The Balaban J connectivity index is 1.48. The van der Waals surface area contributed by atoms with Crippen LogP contribution in [0.1, 0.15) is 50.7 Å². The molecule has 7 nitrogen and oxygen atoms in total. The van der Waals surface area contributed by atoms with E-state index in [-0.39, 0.29) is 11.8 Å². The lowest BCUT2D eigenvalue weighted by Gasteiger charge is -2.36. The summed E-state index contributed by atoms with van der Waals surface area (Å²) in [5.41, 5.74) is 2.93. The van der Waals surface area contributed by atoms with Crippen LogP contribution in [0.15, 0.2) is 18.2 Å². The molecule has 2 aromatic rings. The van der Waals surface area contributed by atoms with Gasteiger partial charge in [0.25, 0.3) is 0 Å². The third kappa shape index (κ3) is 7.38. The Hall–Kier alpha value is -1.85. The smallest absolute Gasteiger partial charge is 0.222 e. The number of rotatable bonds is 9. The molecule has 0 spiro atoms. The van der Waals surface area contributed by atoms with Gasteiger partial charge in [-0.05, 0) is 36.6 Å². The van der Waals surface area contributed by atoms with Crippen LogP contribution in [0.5, 0.6) is 5.75 Å². The van der Waals surface area contributed by atoms with E-state index in [0.717, 1.165) is 90.6 Å². The average molecular weight is 563 g/mol. The summed E-state index contributed by atoms with van der Waals surface area (Å²) in [7, 11) is 3.27. The highest BCUT2D eigenvalue weighted by Crippen LogP contribution is 2.36. The van der Waals surface area contributed by atoms with Gasteiger partial charge in [0.1, 0.15) is 9.57 Å². The molecule has 37 heavy (non-hydrogen) atoms. The number of amides is 2. The van der Waals surface area contributed by atoms with Crippen molar-refractivity contribution in [2.24, 2.45) is 0 Å². The first kappa shape index (κ1) is 28.2. The molecule has 10 heteroatoms. The number of carbonyl (C=O) groups is 2. The maximum Gasteiger partial charge on any atom is 0.222 e. The monoisotopic (exact) mass is 562 g/mol. The lowest BCUT2D eigenvalue weighted by molar-refractivity contribution is -0.133. The topological polar surface area (TPSA) is 67.3 Å². The third-order valence-corrected chi connectivity index (χ3v) is 10.1. The molecule has 0 radical (unpaired) electrons. The molecule has 0 saturated carbocycles. The van der Waals surface area contributed by atoms with Crippen LogP contribution in [0.25, 0.3) is 10.4 Å². The van der Waals surface area contributed by atoms with Gasteiger partial charge in [-0.1, -0.05) is 46.7 Å². The van der Waals surface area contributed by atoms with Crippen LogP contribution in [0.4, 0.5) is 0 Å². The predicted molar refractivity (Wildman–Crippen MR) is 154 cm³/mol. The normalized spacial score (nSPS) is 17.4. The molecular formula is C27H38N4O3S3. The molecule has 1 aromatic heterocycles. The molecule has 202 valence electrons. The molecule has 0 aliphatic carbocycles. The molecule has 2 amide bonds. The number of phenols is 1. The van der Waals surface area contributed by atoms with E-state index in [1.807, 2.05) is 29.7 Å². The Morgan fingerprint density at radius 1 is 0.784 bits per heavy atom. The van der Waals surface area contributed by atoms with Crippen molar-refractivity contribution in [1.29, 1.82) is 0 Å². The fourth-order valence-electron chi connectivity index (χ4n) is 5.05. The van der Waals surface area contributed by atoms with Crippen molar-refractivity contribution in [3.8, 4) is 16.2 Å². The Labute approximate surface area is 232 Å². The summed E-state index contributed by atoms with van der Waals surface area (Å²) in [6.45, 7) is 11.5. The van der Waals surface area contributed by atoms with Gasteiger partial charge < -0.3 is 14.9 Å². The number of hydrogen-bond acceptors (Lipinski definition) is 8. The molecule has 3 heterocycles. The zero-order chi connectivity index (χ0) is 26.4. The minimum atomic E-state index is 0.240. The second-order valence-corrected chi connectivity index (χ2v) is 12.9. The number of piperazine rings is 2. The van der Waals surface area contributed by atoms with Crippen LogP contribution >= 0.6 is 32.9 Å². The van der Waals surface area contributed by atoms with Crippen molar-refractivity contribution in [3.63, 3.8) is 0 Å². The molecular weight excluding hydrogens is 525 g/mol.